The van der Waals surface area contributed by atoms with E-state index in [2.05, 4.69) is 44.0 Å². The molecule has 1 N–H and O–H groups in total. The van der Waals surface area contributed by atoms with Crippen LogP contribution in [0, 0.1) is 23.2 Å². The van der Waals surface area contributed by atoms with Crippen molar-refractivity contribution in [3.63, 3.8) is 0 Å². The maximum Gasteiger partial charge on any atom is 0.116 e. The first kappa shape index (κ1) is 16.5. The topological polar surface area (TPSA) is 39.1 Å². The fourth-order valence-corrected chi connectivity index (χ4v) is 3.20. The van der Waals surface area contributed by atoms with E-state index in [4.69, 9.17) is 0 Å². The molecule has 1 saturated heterocycles. The summed E-state index contributed by atoms with van der Waals surface area (Å²) in [6, 6.07) is 2.81. The zero-order chi connectivity index (χ0) is 14.5. The van der Waals surface area contributed by atoms with Gasteiger partial charge >= 0.3 is 0 Å². The lowest BCUT2D eigenvalue weighted by Gasteiger charge is -2.32. The highest BCUT2D eigenvalue weighted by Gasteiger charge is 2.29. The molecule has 0 spiro atoms. The Hall–Kier alpha value is -0.590. The van der Waals surface area contributed by atoms with Gasteiger partial charge in [-0.25, -0.2) is 0 Å². The molecule has 110 valence electrons. The Bertz CT molecular complexity index is 306. The molecule has 1 aliphatic heterocycles. The molecule has 1 heterocycles. The van der Waals surface area contributed by atoms with Gasteiger partial charge in [-0.15, -0.1) is 0 Å². The molecule has 3 nitrogen and oxygen atoms in total. The molecule has 0 aromatic rings. The minimum absolute atomic E-state index is 0.347. The van der Waals surface area contributed by atoms with E-state index in [1.54, 1.807) is 0 Å². The van der Waals surface area contributed by atoms with Gasteiger partial charge in [-0.3, -0.25) is 5.32 Å². The Morgan fingerprint density at radius 3 is 2.47 bits per heavy atom. The van der Waals surface area contributed by atoms with Gasteiger partial charge in [-0.2, -0.15) is 5.26 Å². The minimum Gasteiger partial charge on any atom is -0.300 e. The summed E-state index contributed by atoms with van der Waals surface area (Å²) in [7, 11) is 0. The molecular formula is C16H31N3. The fourth-order valence-electron chi connectivity index (χ4n) is 3.20. The van der Waals surface area contributed by atoms with Crippen molar-refractivity contribution in [3.05, 3.63) is 0 Å². The molecule has 19 heavy (non-hydrogen) atoms. The number of nitrogens with one attached hydrogen (secondary N) is 1. The van der Waals surface area contributed by atoms with E-state index >= 15 is 0 Å². The van der Waals surface area contributed by atoms with Gasteiger partial charge in [0.05, 0.1) is 6.07 Å². The smallest absolute Gasteiger partial charge is 0.116 e. The summed E-state index contributed by atoms with van der Waals surface area (Å²) in [5.74, 6) is 1.65. The lowest BCUT2D eigenvalue weighted by Crippen LogP contribution is -2.53. The van der Waals surface area contributed by atoms with Crippen molar-refractivity contribution in [2.75, 3.05) is 19.6 Å². The average molecular weight is 265 g/mol. The maximum absolute atomic E-state index is 9.44. The van der Waals surface area contributed by atoms with E-state index in [1.807, 2.05) is 6.92 Å². The van der Waals surface area contributed by atoms with Crippen molar-refractivity contribution >= 4 is 0 Å². The normalized spacial score (nSPS) is 25.1. The quantitative estimate of drug-likeness (QED) is 0.830. The van der Waals surface area contributed by atoms with Crippen molar-refractivity contribution in [2.24, 2.45) is 11.8 Å². The van der Waals surface area contributed by atoms with Gasteiger partial charge in [0, 0.05) is 12.6 Å². The number of hydrogen-bond donors (Lipinski definition) is 1. The molecule has 2 atom stereocenters. The summed E-state index contributed by atoms with van der Waals surface area (Å²) >= 11 is 0. The summed E-state index contributed by atoms with van der Waals surface area (Å²) in [4.78, 5) is 2.47. The molecule has 1 aliphatic rings. The lowest BCUT2D eigenvalue weighted by atomic mass is 9.89. The van der Waals surface area contributed by atoms with Crippen LogP contribution in [0.15, 0.2) is 0 Å². The van der Waals surface area contributed by atoms with Crippen LogP contribution in [-0.4, -0.2) is 36.1 Å². The molecule has 1 rings (SSSR count). The number of rotatable bonds is 5. The first-order valence-electron chi connectivity index (χ1n) is 7.77. The predicted molar refractivity (Wildman–Crippen MR) is 80.9 cm³/mol. The highest BCUT2D eigenvalue weighted by Crippen LogP contribution is 2.25. The van der Waals surface area contributed by atoms with Gasteiger partial charge in [0.15, 0.2) is 0 Å². The van der Waals surface area contributed by atoms with E-state index in [-0.39, 0.29) is 0 Å². The van der Waals surface area contributed by atoms with Gasteiger partial charge in [0.25, 0.3) is 0 Å². The first-order chi connectivity index (χ1) is 8.86. The van der Waals surface area contributed by atoms with Crippen LogP contribution in [0.5, 0.6) is 0 Å². The van der Waals surface area contributed by atoms with E-state index in [0.717, 1.165) is 31.5 Å². The van der Waals surface area contributed by atoms with Crippen LogP contribution in [0.25, 0.3) is 0 Å². The highest BCUT2D eigenvalue weighted by atomic mass is 15.2. The third kappa shape index (κ3) is 5.50. The fraction of sp³-hybridized carbons (Fsp3) is 0.938. The summed E-state index contributed by atoms with van der Waals surface area (Å²) in [5, 5.41) is 12.8. The van der Waals surface area contributed by atoms with E-state index < -0.39 is 5.54 Å². The second-order valence-electron chi connectivity index (χ2n) is 6.95. The SMILES string of the molecule is CC(C)NC(C)(C#N)CN1CCCC(C(C)C)CC1. The zero-order valence-corrected chi connectivity index (χ0v) is 13.4. The molecule has 3 heteroatoms. The Kier molecular flexibility index (Phi) is 6.29. The molecule has 1 fully saturated rings. The summed E-state index contributed by atoms with van der Waals surface area (Å²) in [6.07, 6.45) is 3.89. The third-order valence-corrected chi connectivity index (χ3v) is 4.20. The van der Waals surface area contributed by atoms with Crippen LogP contribution < -0.4 is 5.32 Å². The Morgan fingerprint density at radius 1 is 1.26 bits per heavy atom. The molecule has 0 aromatic heterocycles. The number of hydrogen-bond acceptors (Lipinski definition) is 3. The average Bonchev–Trinajstić information content (AvgIpc) is 2.53. The summed E-state index contributed by atoms with van der Waals surface area (Å²) in [6.45, 7) is 14.0. The summed E-state index contributed by atoms with van der Waals surface area (Å²) < 4.78 is 0. The van der Waals surface area contributed by atoms with E-state index in [9.17, 15) is 5.26 Å². The largest absolute Gasteiger partial charge is 0.300 e. The van der Waals surface area contributed by atoms with E-state index in [1.165, 1.54) is 19.3 Å². The lowest BCUT2D eigenvalue weighted by molar-refractivity contribution is 0.214. The first-order valence-corrected chi connectivity index (χ1v) is 7.77. The molecule has 0 bridgehead atoms. The van der Waals surface area contributed by atoms with Crippen molar-refractivity contribution in [3.8, 4) is 6.07 Å². The van der Waals surface area contributed by atoms with Gasteiger partial charge in [-0.05, 0) is 65.0 Å². The standard InChI is InChI=1S/C16H31N3/c1-13(2)15-7-6-9-19(10-8-15)12-16(5,11-17)18-14(3)4/h13-15,18H,6-10,12H2,1-5H3. The molecule has 0 saturated carbocycles. The van der Waals surface area contributed by atoms with Crippen LogP contribution in [0.4, 0.5) is 0 Å². The third-order valence-electron chi connectivity index (χ3n) is 4.20. The van der Waals surface area contributed by atoms with Crippen LogP contribution in [0.1, 0.15) is 53.9 Å². The van der Waals surface area contributed by atoms with Crippen LogP contribution in [-0.2, 0) is 0 Å². The van der Waals surface area contributed by atoms with Crippen molar-refractivity contribution < 1.29 is 0 Å². The Balaban J connectivity index is 2.54. The van der Waals surface area contributed by atoms with Crippen molar-refractivity contribution in [1.29, 1.82) is 5.26 Å². The number of nitrogens with zero attached hydrogens (tertiary/aromatic N) is 2. The molecule has 0 aromatic carbocycles. The van der Waals surface area contributed by atoms with Crippen molar-refractivity contribution in [1.82, 2.24) is 10.2 Å². The van der Waals surface area contributed by atoms with Gasteiger partial charge in [0.1, 0.15) is 5.54 Å². The monoisotopic (exact) mass is 265 g/mol. The second-order valence-corrected chi connectivity index (χ2v) is 6.95. The predicted octanol–water partition coefficient (Wildman–Crippen LogP) is 3.02. The molecule has 2 unspecified atom stereocenters. The molecule has 0 aliphatic carbocycles. The number of nitriles is 1. The van der Waals surface area contributed by atoms with Crippen LogP contribution in [0.2, 0.25) is 0 Å². The molecular weight excluding hydrogens is 234 g/mol. The van der Waals surface area contributed by atoms with Gasteiger partial charge in [-0.1, -0.05) is 13.8 Å². The minimum atomic E-state index is -0.425. The van der Waals surface area contributed by atoms with Crippen LogP contribution in [0.3, 0.4) is 0 Å². The van der Waals surface area contributed by atoms with Crippen LogP contribution >= 0.6 is 0 Å². The molecule has 0 amide bonds. The second kappa shape index (κ2) is 7.26. The molecule has 0 radical (unpaired) electrons. The maximum atomic E-state index is 9.44. The van der Waals surface area contributed by atoms with Crippen molar-refractivity contribution in [2.45, 2.75) is 65.5 Å². The summed E-state index contributed by atoms with van der Waals surface area (Å²) in [5.41, 5.74) is -0.425. The van der Waals surface area contributed by atoms with Gasteiger partial charge in [0.2, 0.25) is 0 Å². The van der Waals surface area contributed by atoms with E-state index in [0.29, 0.717) is 6.04 Å². The Labute approximate surface area is 119 Å². The van der Waals surface area contributed by atoms with Gasteiger partial charge < -0.3 is 4.90 Å². The highest BCUT2D eigenvalue weighted by molar-refractivity contribution is 5.06. The Morgan fingerprint density at radius 2 is 1.95 bits per heavy atom. The zero-order valence-electron chi connectivity index (χ0n) is 13.4. The number of likely N-dealkylation sites (tertiary alicyclic amines) is 1.